The molecule has 2 aliphatic heterocycles. The van der Waals surface area contributed by atoms with Crippen LogP contribution in [-0.4, -0.2) is 42.6 Å². The second-order valence-electron chi connectivity index (χ2n) is 7.29. The summed E-state index contributed by atoms with van der Waals surface area (Å²) >= 11 is 3.40. The number of nitrogens with one attached hydrogen (secondary N) is 2. The molecule has 1 atom stereocenters. The van der Waals surface area contributed by atoms with Crippen molar-refractivity contribution >= 4 is 45.0 Å². The lowest BCUT2D eigenvalue weighted by molar-refractivity contribution is -0.122. The van der Waals surface area contributed by atoms with Gasteiger partial charge in [0.25, 0.3) is 11.8 Å². The number of aliphatic hydroxyl groups excluding tert-OH is 1. The number of ether oxygens (including phenoxy) is 1. The first kappa shape index (κ1) is 22.0. The maximum absolute atomic E-state index is 13.3. The van der Waals surface area contributed by atoms with Crippen LogP contribution in [0, 0.1) is 5.82 Å². The average molecular weight is 504 g/mol. The summed E-state index contributed by atoms with van der Waals surface area (Å²) in [6.45, 7) is -0.278. The number of amides is 3. The monoisotopic (exact) mass is 503 g/mol. The number of halogens is 2. The third-order valence-corrected chi connectivity index (χ3v) is 5.91. The molecule has 0 aliphatic carbocycles. The molecule has 8 nitrogen and oxygen atoms in total. The third-order valence-electron chi connectivity index (χ3n) is 5.25. The van der Waals surface area contributed by atoms with E-state index in [1.165, 1.54) is 23.2 Å². The molecule has 0 radical (unpaired) electrons. The molecule has 2 heterocycles. The number of hydrogen-bond donors (Lipinski definition) is 3. The topological polar surface area (TPSA) is 108 Å². The quantitative estimate of drug-likeness (QED) is 0.580. The van der Waals surface area contributed by atoms with Gasteiger partial charge in [-0.15, -0.1) is 0 Å². The fourth-order valence-electron chi connectivity index (χ4n) is 3.69. The van der Waals surface area contributed by atoms with Crippen molar-refractivity contribution in [3.05, 3.63) is 64.0 Å². The fourth-order valence-corrected chi connectivity index (χ4v) is 4.11. The van der Waals surface area contributed by atoms with Gasteiger partial charge in [0, 0.05) is 35.1 Å². The number of benzene rings is 2. The minimum absolute atomic E-state index is 0.0445. The standard InChI is InChI=1S/C22H19BrFN3O5/c23-16-8-19-18(27(5-6-28)21(30)11-32-19)9-17(16)26-22(31)15-10-25-20(29)7-14(15)12-1-3-13(24)4-2-12/h1-4,8-10,14,28H,5-7,11H2,(H,25,29)(H,26,31)/t14-/m0/s1. The van der Waals surface area contributed by atoms with E-state index in [2.05, 4.69) is 26.6 Å². The van der Waals surface area contributed by atoms with Crippen molar-refractivity contribution in [3.8, 4) is 5.75 Å². The minimum atomic E-state index is -0.545. The number of anilines is 2. The number of hydrogen-bond acceptors (Lipinski definition) is 5. The van der Waals surface area contributed by atoms with Gasteiger partial charge in [0.1, 0.15) is 11.6 Å². The lowest BCUT2D eigenvalue weighted by Gasteiger charge is -2.30. The van der Waals surface area contributed by atoms with Gasteiger partial charge in [-0.2, -0.15) is 0 Å². The Balaban J connectivity index is 1.63. The van der Waals surface area contributed by atoms with Crippen LogP contribution in [0.5, 0.6) is 5.75 Å². The van der Waals surface area contributed by atoms with Crippen LogP contribution < -0.4 is 20.3 Å². The molecular formula is C22H19BrFN3O5. The van der Waals surface area contributed by atoms with Crippen LogP contribution in [-0.2, 0) is 14.4 Å². The zero-order chi connectivity index (χ0) is 22.8. The SMILES string of the molecule is O=C1C[C@@H](c2ccc(F)cc2)C(C(=O)Nc2cc3c(cc2Br)OCC(=O)N3CCO)=CN1. The third kappa shape index (κ3) is 4.37. The number of rotatable bonds is 5. The first-order chi connectivity index (χ1) is 15.4. The average Bonchev–Trinajstić information content (AvgIpc) is 2.77. The molecule has 3 N–H and O–H groups in total. The van der Waals surface area contributed by atoms with Gasteiger partial charge < -0.3 is 25.4 Å². The first-order valence-corrected chi connectivity index (χ1v) is 10.6. The Bertz CT molecular complexity index is 1120. The van der Waals surface area contributed by atoms with Crippen LogP contribution in [0.1, 0.15) is 17.9 Å². The van der Waals surface area contributed by atoms with Crippen molar-refractivity contribution in [2.24, 2.45) is 0 Å². The molecule has 0 unspecified atom stereocenters. The smallest absolute Gasteiger partial charge is 0.265 e. The Morgan fingerprint density at radius 3 is 2.75 bits per heavy atom. The van der Waals surface area contributed by atoms with Crippen molar-refractivity contribution in [2.45, 2.75) is 12.3 Å². The van der Waals surface area contributed by atoms with Crippen molar-refractivity contribution in [2.75, 3.05) is 30.0 Å². The van der Waals surface area contributed by atoms with Crippen LogP contribution in [0.15, 0.2) is 52.6 Å². The zero-order valence-electron chi connectivity index (χ0n) is 16.7. The van der Waals surface area contributed by atoms with Crippen LogP contribution in [0.25, 0.3) is 0 Å². The molecule has 0 bridgehead atoms. The highest BCUT2D eigenvalue weighted by atomic mass is 79.9. The van der Waals surface area contributed by atoms with E-state index in [0.717, 1.165) is 0 Å². The second kappa shape index (κ2) is 9.09. The Hall–Kier alpha value is -3.24. The molecule has 166 valence electrons. The fraction of sp³-hybridized carbons (Fsp3) is 0.227. The summed E-state index contributed by atoms with van der Waals surface area (Å²) in [5.41, 5.74) is 1.75. The Morgan fingerprint density at radius 2 is 2.03 bits per heavy atom. The number of carbonyl (C=O) groups excluding carboxylic acids is 3. The maximum Gasteiger partial charge on any atom is 0.265 e. The molecule has 2 aromatic rings. The van der Waals surface area contributed by atoms with E-state index in [9.17, 15) is 23.9 Å². The minimum Gasteiger partial charge on any atom is -0.482 e. The van der Waals surface area contributed by atoms with Crippen LogP contribution >= 0.6 is 15.9 Å². The van der Waals surface area contributed by atoms with Gasteiger partial charge in [0.15, 0.2) is 6.61 Å². The lowest BCUT2D eigenvalue weighted by Crippen LogP contribution is -2.40. The summed E-state index contributed by atoms with van der Waals surface area (Å²) in [5.74, 6) is -1.53. The predicted molar refractivity (Wildman–Crippen MR) is 118 cm³/mol. The summed E-state index contributed by atoms with van der Waals surface area (Å²) in [7, 11) is 0. The summed E-state index contributed by atoms with van der Waals surface area (Å²) in [5, 5.41) is 14.7. The molecule has 0 saturated heterocycles. The number of fused-ring (bicyclic) bond motifs is 1. The largest absolute Gasteiger partial charge is 0.482 e. The Kier molecular flexibility index (Phi) is 6.24. The number of aliphatic hydroxyl groups is 1. The molecule has 2 aromatic carbocycles. The summed E-state index contributed by atoms with van der Waals surface area (Å²) < 4.78 is 19.3. The molecule has 0 spiro atoms. The molecular weight excluding hydrogens is 485 g/mol. The Morgan fingerprint density at radius 1 is 1.28 bits per heavy atom. The first-order valence-electron chi connectivity index (χ1n) is 9.81. The number of carbonyl (C=O) groups is 3. The Labute approximate surface area is 191 Å². The summed E-state index contributed by atoms with van der Waals surface area (Å²) in [4.78, 5) is 38.7. The van der Waals surface area contributed by atoms with Crippen LogP contribution in [0.4, 0.5) is 15.8 Å². The van der Waals surface area contributed by atoms with E-state index in [1.54, 1.807) is 24.3 Å². The molecule has 2 aliphatic rings. The van der Waals surface area contributed by atoms with E-state index < -0.39 is 17.6 Å². The van der Waals surface area contributed by atoms with Crippen molar-refractivity contribution < 1.29 is 28.6 Å². The number of β-amino-alcohol motifs (C(OH)–C–C–N with tert-alkyl or cyclic N) is 1. The molecule has 3 amide bonds. The van der Waals surface area contributed by atoms with E-state index in [0.29, 0.717) is 32.7 Å². The summed E-state index contributed by atoms with van der Waals surface area (Å²) in [6.07, 6.45) is 1.40. The number of nitrogens with zero attached hydrogens (tertiary/aromatic N) is 1. The van der Waals surface area contributed by atoms with Gasteiger partial charge in [-0.25, -0.2) is 4.39 Å². The van der Waals surface area contributed by atoms with Gasteiger partial charge in [0.05, 0.1) is 18.0 Å². The van der Waals surface area contributed by atoms with Crippen LogP contribution in [0.3, 0.4) is 0 Å². The normalized spacial score (nSPS) is 17.8. The van der Waals surface area contributed by atoms with E-state index in [1.807, 2.05) is 0 Å². The predicted octanol–water partition coefficient (Wildman–Crippen LogP) is 2.43. The molecule has 4 rings (SSSR count). The summed E-state index contributed by atoms with van der Waals surface area (Å²) in [6, 6.07) is 8.87. The molecule has 32 heavy (non-hydrogen) atoms. The van der Waals surface area contributed by atoms with Crippen LogP contribution in [0.2, 0.25) is 0 Å². The van der Waals surface area contributed by atoms with Gasteiger partial charge in [0.2, 0.25) is 5.91 Å². The highest BCUT2D eigenvalue weighted by molar-refractivity contribution is 9.10. The molecule has 0 fully saturated rings. The van der Waals surface area contributed by atoms with E-state index in [-0.39, 0.29) is 38.0 Å². The van der Waals surface area contributed by atoms with Gasteiger partial charge in [-0.3, -0.25) is 14.4 Å². The molecule has 0 aromatic heterocycles. The van der Waals surface area contributed by atoms with Crippen molar-refractivity contribution in [1.29, 1.82) is 0 Å². The van der Waals surface area contributed by atoms with E-state index >= 15 is 0 Å². The molecule has 0 saturated carbocycles. The van der Waals surface area contributed by atoms with Crippen molar-refractivity contribution in [3.63, 3.8) is 0 Å². The van der Waals surface area contributed by atoms with Gasteiger partial charge in [-0.1, -0.05) is 12.1 Å². The second-order valence-corrected chi connectivity index (χ2v) is 8.14. The zero-order valence-corrected chi connectivity index (χ0v) is 18.3. The molecule has 10 heteroatoms. The van der Waals surface area contributed by atoms with Gasteiger partial charge >= 0.3 is 0 Å². The van der Waals surface area contributed by atoms with Gasteiger partial charge in [-0.05, 0) is 45.8 Å². The maximum atomic E-state index is 13.3. The van der Waals surface area contributed by atoms with E-state index in [4.69, 9.17) is 4.74 Å². The lowest BCUT2D eigenvalue weighted by atomic mass is 9.86. The van der Waals surface area contributed by atoms with Crippen molar-refractivity contribution in [1.82, 2.24) is 5.32 Å². The highest BCUT2D eigenvalue weighted by Gasteiger charge is 2.30. The highest BCUT2D eigenvalue weighted by Crippen LogP contribution is 2.40.